The normalized spacial score (nSPS) is 13.8. The van der Waals surface area contributed by atoms with Crippen LogP contribution in [0, 0.1) is 5.92 Å². The smallest absolute Gasteiger partial charge is 0.254 e. The molecule has 0 saturated heterocycles. The topological polar surface area (TPSA) is 64.2 Å². The average molecular weight is 364 g/mol. The van der Waals surface area contributed by atoms with Gasteiger partial charge in [0.05, 0.1) is 12.2 Å². The molecule has 4 rings (SSSR count). The summed E-state index contributed by atoms with van der Waals surface area (Å²) in [5.74, 6) is 2.38. The molecule has 2 aromatic heterocycles. The van der Waals surface area contributed by atoms with Crippen molar-refractivity contribution in [3.05, 3.63) is 65.6 Å². The molecule has 1 aliphatic heterocycles. The number of benzene rings is 1. The van der Waals surface area contributed by atoms with Gasteiger partial charge in [-0.05, 0) is 42.7 Å². The molecule has 0 fully saturated rings. The molecule has 0 aliphatic carbocycles. The van der Waals surface area contributed by atoms with Crippen LogP contribution in [0.1, 0.15) is 48.0 Å². The lowest BCUT2D eigenvalue weighted by atomic mass is 10.1. The minimum Gasteiger partial charge on any atom is -0.445 e. The second-order valence-corrected chi connectivity index (χ2v) is 7.38. The Morgan fingerprint density at radius 2 is 2.07 bits per heavy atom. The van der Waals surface area contributed by atoms with Crippen LogP contribution in [-0.2, 0) is 19.4 Å². The number of nitrogens with zero attached hydrogens (tertiary/aromatic N) is 4. The van der Waals surface area contributed by atoms with Crippen LogP contribution in [0.15, 0.2) is 47.1 Å². The monoisotopic (exact) mass is 364 g/mol. The minimum absolute atomic E-state index is 0.0272. The standard InChI is InChI=1S/C21H24N4O2/c1-15(2)4-9-20-23-18-14-24(13-10-19(18)27-20)21(26)16-5-7-17(8-6-16)25-12-3-11-22-25/h3,5-8,11-12,15H,4,9-10,13-14H2,1-2H3. The third kappa shape index (κ3) is 3.79. The molecule has 0 unspecified atom stereocenters. The van der Waals surface area contributed by atoms with Crippen molar-refractivity contribution in [3.63, 3.8) is 0 Å². The van der Waals surface area contributed by atoms with Gasteiger partial charge < -0.3 is 9.32 Å². The Hall–Kier alpha value is -2.89. The van der Waals surface area contributed by atoms with E-state index in [2.05, 4.69) is 23.9 Å². The molecule has 0 atom stereocenters. The number of fused-ring (bicyclic) bond motifs is 1. The summed E-state index contributed by atoms with van der Waals surface area (Å²) in [6.07, 6.45) is 6.25. The van der Waals surface area contributed by atoms with Crippen LogP contribution in [0.3, 0.4) is 0 Å². The number of hydrogen-bond donors (Lipinski definition) is 0. The van der Waals surface area contributed by atoms with Crippen molar-refractivity contribution in [2.45, 2.75) is 39.7 Å². The molecule has 0 spiro atoms. The molecule has 3 aromatic rings. The zero-order chi connectivity index (χ0) is 18.8. The van der Waals surface area contributed by atoms with Gasteiger partial charge in [-0.25, -0.2) is 9.67 Å². The lowest BCUT2D eigenvalue weighted by Crippen LogP contribution is -2.35. The van der Waals surface area contributed by atoms with Crippen molar-refractivity contribution in [3.8, 4) is 5.69 Å². The largest absolute Gasteiger partial charge is 0.445 e. The third-order valence-electron chi connectivity index (χ3n) is 4.88. The van der Waals surface area contributed by atoms with E-state index in [1.807, 2.05) is 41.4 Å². The maximum atomic E-state index is 12.9. The molecule has 140 valence electrons. The maximum absolute atomic E-state index is 12.9. The molecule has 1 aliphatic rings. The van der Waals surface area contributed by atoms with Gasteiger partial charge in [0.15, 0.2) is 5.89 Å². The zero-order valence-electron chi connectivity index (χ0n) is 15.8. The summed E-state index contributed by atoms with van der Waals surface area (Å²) < 4.78 is 7.66. The lowest BCUT2D eigenvalue weighted by Gasteiger charge is -2.25. The highest BCUT2D eigenvalue weighted by molar-refractivity contribution is 5.94. The molecule has 6 heteroatoms. The van der Waals surface area contributed by atoms with Crippen LogP contribution >= 0.6 is 0 Å². The van der Waals surface area contributed by atoms with Crippen molar-refractivity contribution in [2.75, 3.05) is 6.54 Å². The number of carbonyl (C=O) groups is 1. The fourth-order valence-electron chi connectivity index (χ4n) is 3.31. The maximum Gasteiger partial charge on any atom is 0.254 e. The predicted molar refractivity (Wildman–Crippen MR) is 102 cm³/mol. The van der Waals surface area contributed by atoms with Crippen LogP contribution in [0.5, 0.6) is 0 Å². The van der Waals surface area contributed by atoms with E-state index in [1.165, 1.54) is 0 Å². The van der Waals surface area contributed by atoms with Gasteiger partial charge in [0.25, 0.3) is 5.91 Å². The molecule has 0 N–H and O–H groups in total. The van der Waals surface area contributed by atoms with Crippen molar-refractivity contribution in [1.29, 1.82) is 0 Å². The highest BCUT2D eigenvalue weighted by Crippen LogP contribution is 2.23. The molecule has 27 heavy (non-hydrogen) atoms. The number of rotatable bonds is 5. The highest BCUT2D eigenvalue weighted by atomic mass is 16.4. The van der Waals surface area contributed by atoms with E-state index < -0.39 is 0 Å². The van der Waals surface area contributed by atoms with E-state index in [0.29, 0.717) is 24.6 Å². The van der Waals surface area contributed by atoms with Gasteiger partial charge in [-0.1, -0.05) is 13.8 Å². The van der Waals surface area contributed by atoms with Crippen LogP contribution in [0.4, 0.5) is 0 Å². The quantitative estimate of drug-likeness (QED) is 0.693. The first-order chi connectivity index (χ1) is 13.1. The number of oxazole rings is 1. The van der Waals surface area contributed by atoms with E-state index in [4.69, 9.17) is 4.42 Å². The zero-order valence-corrected chi connectivity index (χ0v) is 15.8. The Labute approximate surface area is 158 Å². The summed E-state index contributed by atoms with van der Waals surface area (Å²) in [6, 6.07) is 9.40. The summed E-state index contributed by atoms with van der Waals surface area (Å²) in [5.41, 5.74) is 2.52. The Kier molecular flexibility index (Phi) is 4.79. The van der Waals surface area contributed by atoms with Gasteiger partial charge in [0, 0.05) is 37.3 Å². The average Bonchev–Trinajstić information content (AvgIpc) is 3.35. The summed E-state index contributed by atoms with van der Waals surface area (Å²) in [7, 11) is 0. The van der Waals surface area contributed by atoms with Gasteiger partial charge in [-0.3, -0.25) is 4.79 Å². The lowest BCUT2D eigenvalue weighted by molar-refractivity contribution is 0.0728. The molecular weight excluding hydrogens is 340 g/mol. The summed E-state index contributed by atoms with van der Waals surface area (Å²) >= 11 is 0. The number of hydrogen-bond acceptors (Lipinski definition) is 4. The Morgan fingerprint density at radius 1 is 1.26 bits per heavy atom. The van der Waals surface area contributed by atoms with E-state index >= 15 is 0 Å². The van der Waals surface area contributed by atoms with Gasteiger partial charge in [0.2, 0.25) is 0 Å². The summed E-state index contributed by atoms with van der Waals surface area (Å²) in [6.45, 7) is 5.56. The molecule has 1 amide bonds. The van der Waals surface area contributed by atoms with Gasteiger partial charge >= 0.3 is 0 Å². The summed E-state index contributed by atoms with van der Waals surface area (Å²) in [5, 5.41) is 4.21. The van der Waals surface area contributed by atoms with Gasteiger partial charge in [-0.15, -0.1) is 0 Å². The number of carbonyl (C=O) groups excluding carboxylic acids is 1. The Morgan fingerprint density at radius 3 is 2.78 bits per heavy atom. The van der Waals surface area contributed by atoms with Crippen LogP contribution < -0.4 is 0 Å². The molecular formula is C21H24N4O2. The molecule has 0 saturated carbocycles. The first kappa shape index (κ1) is 17.5. The first-order valence-corrected chi connectivity index (χ1v) is 9.47. The minimum atomic E-state index is 0.0272. The number of aromatic nitrogens is 3. The van der Waals surface area contributed by atoms with Crippen molar-refractivity contribution in [1.82, 2.24) is 19.7 Å². The van der Waals surface area contributed by atoms with E-state index in [-0.39, 0.29) is 5.91 Å². The SMILES string of the molecule is CC(C)CCc1nc2c(o1)CCN(C(=O)c1ccc(-n3cccn3)cc1)C2. The fourth-order valence-corrected chi connectivity index (χ4v) is 3.31. The molecule has 0 radical (unpaired) electrons. The first-order valence-electron chi connectivity index (χ1n) is 9.47. The van der Waals surface area contributed by atoms with Crippen LogP contribution in [0.25, 0.3) is 5.69 Å². The number of aryl methyl sites for hydroxylation is 1. The molecule has 0 bridgehead atoms. The van der Waals surface area contributed by atoms with Gasteiger partial charge in [-0.2, -0.15) is 5.10 Å². The van der Waals surface area contributed by atoms with E-state index in [0.717, 1.165) is 42.3 Å². The predicted octanol–water partition coefficient (Wildman–Crippen LogP) is 3.65. The third-order valence-corrected chi connectivity index (χ3v) is 4.88. The van der Waals surface area contributed by atoms with Crippen LogP contribution in [-0.4, -0.2) is 32.1 Å². The van der Waals surface area contributed by atoms with Crippen molar-refractivity contribution >= 4 is 5.91 Å². The number of amides is 1. The molecule has 6 nitrogen and oxygen atoms in total. The van der Waals surface area contributed by atoms with Crippen molar-refractivity contribution in [2.24, 2.45) is 5.92 Å². The second-order valence-electron chi connectivity index (χ2n) is 7.38. The fraction of sp³-hybridized carbons (Fsp3) is 0.381. The molecule has 3 heterocycles. The Bertz CT molecular complexity index is 910. The molecule has 1 aromatic carbocycles. The summed E-state index contributed by atoms with van der Waals surface area (Å²) in [4.78, 5) is 19.3. The Balaban J connectivity index is 1.44. The van der Waals surface area contributed by atoms with Crippen molar-refractivity contribution < 1.29 is 9.21 Å². The van der Waals surface area contributed by atoms with E-state index in [1.54, 1.807) is 10.9 Å². The second kappa shape index (κ2) is 7.39. The van der Waals surface area contributed by atoms with Crippen LogP contribution in [0.2, 0.25) is 0 Å². The van der Waals surface area contributed by atoms with E-state index in [9.17, 15) is 4.79 Å². The highest BCUT2D eigenvalue weighted by Gasteiger charge is 2.26. The van der Waals surface area contributed by atoms with Gasteiger partial charge in [0.1, 0.15) is 11.5 Å².